The second kappa shape index (κ2) is 4.68. The number of hydrogen-bond donors (Lipinski definition) is 1. The smallest absolute Gasteiger partial charge is 0.260 e. The van der Waals surface area contributed by atoms with Crippen molar-refractivity contribution in [1.82, 2.24) is 20.4 Å². The molecule has 1 aliphatic heterocycles. The van der Waals surface area contributed by atoms with Gasteiger partial charge >= 0.3 is 0 Å². The molecule has 3 heterocycles. The molecule has 0 bridgehead atoms. The quantitative estimate of drug-likeness (QED) is 0.772. The van der Waals surface area contributed by atoms with Crippen molar-refractivity contribution in [3.05, 3.63) is 42.4 Å². The summed E-state index contributed by atoms with van der Waals surface area (Å²) < 4.78 is 5.43. The van der Waals surface area contributed by atoms with Crippen LogP contribution in [0.15, 0.2) is 41.1 Å². The first-order valence-electron chi connectivity index (χ1n) is 6.83. The topological polar surface area (TPSA) is 63.8 Å². The van der Waals surface area contributed by atoms with Crippen molar-refractivity contribution in [2.24, 2.45) is 0 Å². The molecule has 2 aromatic heterocycles. The third-order valence-corrected chi connectivity index (χ3v) is 3.68. The molecule has 1 unspecified atom stereocenters. The van der Waals surface area contributed by atoms with Gasteiger partial charge in [-0.3, -0.25) is 4.98 Å². The average molecular weight is 266 g/mol. The van der Waals surface area contributed by atoms with Crippen LogP contribution in [-0.2, 0) is 0 Å². The summed E-state index contributed by atoms with van der Waals surface area (Å²) in [6.45, 7) is 1.02. The van der Waals surface area contributed by atoms with E-state index in [4.69, 9.17) is 4.52 Å². The van der Waals surface area contributed by atoms with Crippen LogP contribution in [0.25, 0.3) is 22.4 Å². The lowest BCUT2D eigenvalue weighted by molar-refractivity contribution is 0.412. The van der Waals surface area contributed by atoms with E-state index in [1.54, 1.807) is 6.20 Å². The van der Waals surface area contributed by atoms with Gasteiger partial charge in [0.2, 0.25) is 0 Å². The second-order valence-electron chi connectivity index (χ2n) is 4.99. The molecule has 0 aliphatic carbocycles. The maximum absolute atomic E-state index is 5.43. The number of fused-ring (bicyclic) bond motifs is 1. The summed E-state index contributed by atoms with van der Waals surface area (Å²) in [6.07, 6.45) is 4.00. The van der Waals surface area contributed by atoms with Gasteiger partial charge in [-0.1, -0.05) is 23.4 Å². The molecule has 1 aromatic carbocycles. The fourth-order valence-corrected chi connectivity index (χ4v) is 2.67. The van der Waals surface area contributed by atoms with E-state index in [1.807, 2.05) is 30.3 Å². The summed E-state index contributed by atoms with van der Waals surface area (Å²) in [6, 6.07) is 10.2. The molecule has 0 amide bonds. The molecule has 5 nitrogen and oxygen atoms in total. The Balaban J connectivity index is 1.79. The molecule has 0 spiro atoms. The Bertz CT molecular complexity index is 741. The number of hydrogen-bond acceptors (Lipinski definition) is 5. The van der Waals surface area contributed by atoms with Gasteiger partial charge in [0.05, 0.1) is 17.1 Å². The lowest BCUT2D eigenvalue weighted by atomic mass is 10.1. The molecular weight excluding hydrogens is 252 g/mol. The van der Waals surface area contributed by atoms with Crippen LogP contribution in [0.1, 0.15) is 24.7 Å². The van der Waals surface area contributed by atoms with Crippen LogP contribution in [0.4, 0.5) is 0 Å². The fourth-order valence-electron chi connectivity index (χ4n) is 2.67. The minimum atomic E-state index is 0.218. The van der Waals surface area contributed by atoms with Crippen LogP contribution in [-0.4, -0.2) is 21.7 Å². The molecule has 1 fully saturated rings. The molecule has 3 aromatic rings. The number of para-hydroxylation sites is 1. The predicted octanol–water partition coefficient (Wildman–Crippen LogP) is 2.71. The zero-order chi connectivity index (χ0) is 13.4. The Labute approximate surface area is 116 Å². The molecule has 5 heteroatoms. The highest BCUT2D eigenvalue weighted by atomic mass is 16.5. The van der Waals surface area contributed by atoms with E-state index in [0.717, 1.165) is 41.7 Å². The van der Waals surface area contributed by atoms with Gasteiger partial charge in [0.25, 0.3) is 5.89 Å². The predicted molar refractivity (Wildman–Crippen MR) is 75.0 cm³/mol. The molecule has 20 heavy (non-hydrogen) atoms. The van der Waals surface area contributed by atoms with Crippen molar-refractivity contribution in [1.29, 1.82) is 0 Å². The molecule has 1 atom stereocenters. The van der Waals surface area contributed by atoms with E-state index in [9.17, 15) is 0 Å². The standard InChI is InChI=1S/C15H14N4O/c1-4-10-5-2-9-17-13(10)11(6-1)15-18-14(19-20-15)12-7-3-8-16-12/h1-2,4-6,9,12,16H,3,7-8H2. The Kier molecular flexibility index (Phi) is 2.70. The zero-order valence-corrected chi connectivity index (χ0v) is 10.9. The van der Waals surface area contributed by atoms with Gasteiger partial charge < -0.3 is 9.84 Å². The largest absolute Gasteiger partial charge is 0.334 e. The van der Waals surface area contributed by atoms with E-state index in [2.05, 4.69) is 20.4 Å². The van der Waals surface area contributed by atoms with Crippen molar-refractivity contribution in [2.75, 3.05) is 6.54 Å². The maximum atomic E-state index is 5.43. The van der Waals surface area contributed by atoms with Crippen molar-refractivity contribution in [3.63, 3.8) is 0 Å². The molecular formula is C15H14N4O. The Morgan fingerprint density at radius 1 is 1.20 bits per heavy atom. The maximum Gasteiger partial charge on any atom is 0.260 e. The van der Waals surface area contributed by atoms with Gasteiger partial charge in [0.1, 0.15) is 0 Å². The van der Waals surface area contributed by atoms with Gasteiger partial charge in [-0.15, -0.1) is 0 Å². The monoisotopic (exact) mass is 266 g/mol. The van der Waals surface area contributed by atoms with Gasteiger partial charge in [-0.05, 0) is 31.5 Å². The number of nitrogens with one attached hydrogen (secondary N) is 1. The normalized spacial score (nSPS) is 18.7. The molecule has 0 saturated carbocycles. The number of aromatic nitrogens is 3. The lowest BCUT2D eigenvalue weighted by Gasteiger charge is -2.02. The Hall–Kier alpha value is -2.27. The minimum absolute atomic E-state index is 0.218. The highest BCUT2D eigenvalue weighted by Gasteiger charge is 2.22. The van der Waals surface area contributed by atoms with Crippen molar-refractivity contribution in [3.8, 4) is 11.5 Å². The van der Waals surface area contributed by atoms with E-state index >= 15 is 0 Å². The van der Waals surface area contributed by atoms with Gasteiger partial charge in [0.15, 0.2) is 5.82 Å². The first-order valence-corrected chi connectivity index (χ1v) is 6.83. The summed E-state index contributed by atoms with van der Waals surface area (Å²) in [5, 5.41) is 8.55. The van der Waals surface area contributed by atoms with Crippen LogP contribution < -0.4 is 5.32 Å². The highest BCUT2D eigenvalue weighted by Crippen LogP contribution is 2.28. The number of rotatable bonds is 2. The van der Waals surface area contributed by atoms with E-state index in [0.29, 0.717) is 5.89 Å². The number of pyridine rings is 1. The zero-order valence-electron chi connectivity index (χ0n) is 10.9. The Morgan fingerprint density at radius 2 is 2.15 bits per heavy atom. The highest BCUT2D eigenvalue weighted by molar-refractivity contribution is 5.91. The molecule has 4 rings (SSSR count). The number of nitrogens with zero attached hydrogens (tertiary/aromatic N) is 3. The van der Waals surface area contributed by atoms with Crippen LogP contribution in [0.3, 0.4) is 0 Å². The van der Waals surface area contributed by atoms with Crippen molar-refractivity contribution in [2.45, 2.75) is 18.9 Å². The molecule has 1 saturated heterocycles. The molecule has 1 aliphatic rings. The third kappa shape index (κ3) is 1.87. The third-order valence-electron chi connectivity index (χ3n) is 3.68. The summed E-state index contributed by atoms with van der Waals surface area (Å²) in [5.41, 5.74) is 1.78. The van der Waals surface area contributed by atoms with Crippen LogP contribution in [0.5, 0.6) is 0 Å². The van der Waals surface area contributed by atoms with Gasteiger partial charge in [-0.2, -0.15) is 4.98 Å². The first-order chi connectivity index (χ1) is 9.92. The first kappa shape index (κ1) is 11.5. The molecule has 100 valence electrons. The molecule has 0 radical (unpaired) electrons. The summed E-state index contributed by atoms with van der Waals surface area (Å²) in [5.74, 6) is 1.28. The van der Waals surface area contributed by atoms with Crippen molar-refractivity contribution < 1.29 is 4.52 Å². The average Bonchev–Trinajstić information content (AvgIpc) is 3.17. The van der Waals surface area contributed by atoms with E-state index in [1.165, 1.54) is 0 Å². The van der Waals surface area contributed by atoms with E-state index < -0.39 is 0 Å². The van der Waals surface area contributed by atoms with Crippen LogP contribution in [0, 0.1) is 0 Å². The van der Waals surface area contributed by atoms with Crippen molar-refractivity contribution >= 4 is 10.9 Å². The Morgan fingerprint density at radius 3 is 3.05 bits per heavy atom. The second-order valence-corrected chi connectivity index (χ2v) is 4.99. The van der Waals surface area contributed by atoms with Gasteiger partial charge in [-0.25, -0.2) is 0 Å². The minimum Gasteiger partial charge on any atom is -0.334 e. The molecule has 1 N–H and O–H groups in total. The SMILES string of the molecule is c1cnc2c(-c3nc(C4CCCN4)no3)cccc2c1. The van der Waals surface area contributed by atoms with Gasteiger partial charge in [0, 0.05) is 11.6 Å². The van der Waals surface area contributed by atoms with Crippen LogP contribution in [0.2, 0.25) is 0 Å². The summed E-state index contributed by atoms with van der Waals surface area (Å²) in [7, 11) is 0. The summed E-state index contributed by atoms with van der Waals surface area (Å²) >= 11 is 0. The van der Waals surface area contributed by atoms with E-state index in [-0.39, 0.29) is 6.04 Å². The lowest BCUT2D eigenvalue weighted by Crippen LogP contribution is -2.14. The number of benzene rings is 1. The van der Waals surface area contributed by atoms with Crippen LogP contribution >= 0.6 is 0 Å². The summed E-state index contributed by atoms with van der Waals surface area (Å²) in [4.78, 5) is 8.95. The fraction of sp³-hybridized carbons (Fsp3) is 0.267.